The summed E-state index contributed by atoms with van der Waals surface area (Å²) in [5.74, 6) is -2.02. The van der Waals surface area contributed by atoms with Crippen LogP contribution in [0.1, 0.15) is 54.6 Å². The van der Waals surface area contributed by atoms with Gasteiger partial charge in [-0.25, -0.2) is 27.3 Å². The minimum atomic E-state index is -3.16. The number of carbonyl (C=O) groups is 2. The van der Waals surface area contributed by atoms with Crippen LogP contribution in [0.2, 0.25) is 0 Å². The molecular weight excluding hydrogens is 536 g/mol. The Kier molecular flexibility index (Phi) is 7.90. The standard InChI is InChI=1S/C24H27F2N7O5S/c1-14(17-11-16(25)13-28-20(17)26)38-23(35)29-21-19(31-32-33(21)2)18-6-5-15(12-27-18)22(34)30-24(7-4-8-24)9-10-39(3,36)37/h5-6,11-14H,4,7-10H2,1-3H3,(H,29,35)(H,30,34)/t14-/m1/s1. The maximum Gasteiger partial charge on any atom is 0.413 e. The van der Waals surface area contributed by atoms with Crippen molar-refractivity contribution >= 4 is 27.7 Å². The van der Waals surface area contributed by atoms with E-state index in [1.807, 2.05) is 0 Å². The molecule has 12 nitrogen and oxygen atoms in total. The van der Waals surface area contributed by atoms with Gasteiger partial charge in [-0.05, 0) is 50.8 Å². The molecule has 1 fully saturated rings. The molecule has 3 aromatic rings. The highest BCUT2D eigenvalue weighted by Crippen LogP contribution is 2.35. The number of hydrogen-bond acceptors (Lipinski definition) is 9. The summed E-state index contributed by atoms with van der Waals surface area (Å²) in [6, 6.07) is 3.94. The van der Waals surface area contributed by atoms with Gasteiger partial charge in [0.1, 0.15) is 21.8 Å². The molecule has 0 bridgehead atoms. The van der Waals surface area contributed by atoms with Gasteiger partial charge in [0, 0.05) is 25.0 Å². The van der Waals surface area contributed by atoms with Crippen molar-refractivity contribution in [2.45, 2.75) is 44.2 Å². The molecule has 208 valence electrons. The fraction of sp³-hybridized carbons (Fsp3) is 0.417. The molecule has 0 aliphatic heterocycles. The molecule has 1 aliphatic rings. The van der Waals surface area contributed by atoms with E-state index in [4.69, 9.17) is 4.74 Å². The summed E-state index contributed by atoms with van der Waals surface area (Å²) in [5.41, 5.74) is -0.0520. The summed E-state index contributed by atoms with van der Waals surface area (Å²) < 4.78 is 57.0. The summed E-state index contributed by atoms with van der Waals surface area (Å²) >= 11 is 0. The average Bonchev–Trinajstić information content (AvgIpc) is 3.21. The fourth-order valence-electron chi connectivity index (χ4n) is 4.15. The Labute approximate surface area is 223 Å². The number of aryl methyl sites for hydroxylation is 1. The molecule has 3 heterocycles. The van der Waals surface area contributed by atoms with E-state index in [1.165, 1.54) is 43.2 Å². The lowest BCUT2D eigenvalue weighted by molar-refractivity contribution is 0.0820. The van der Waals surface area contributed by atoms with E-state index in [1.54, 1.807) is 0 Å². The lowest BCUT2D eigenvalue weighted by atomic mass is 9.74. The number of anilines is 1. The highest BCUT2D eigenvalue weighted by atomic mass is 32.2. The van der Waals surface area contributed by atoms with Crippen molar-refractivity contribution in [3.8, 4) is 11.4 Å². The van der Waals surface area contributed by atoms with E-state index in [-0.39, 0.29) is 34.3 Å². The Hall–Kier alpha value is -4.01. The molecule has 0 unspecified atom stereocenters. The molecule has 39 heavy (non-hydrogen) atoms. The van der Waals surface area contributed by atoms with Gasteiger partial charge in [-0.3, -0.25) is 15.1 Å². The van der Waals surface area contributed by atoms with Crippen LogP contribution in [0, 0.1) is 11.8 Å². The van der Waals surface area contributed by atoms with E-state index >= 15 is 0 Å². The van der Waals surface area contributed by atoms with Crippen LogP contribution in [-0.4, -0.2) is 62.9 Å². The molecule has 1 aliphatic carbocycles. The first-order chi connectivity index (χ1) is 18.4. The topological polar surface area (TPSA) is 158 Å². The van der Waals surface area contributed by atoms with Crippen LogP contribution in [0.25, 0.3) is 11.4 Å². The van der Waals surface area contributed by atoms with Crippen LogP contribution in [0.5, 0.6) is 0 Å². The van der Waals surface area contributed by atoms with Crippen molar-refractivity contribution in [1.29, 1.82) is 0 Å². The molecule has 15 heteroatoms. The van der Waals surface area contributed by atoms with Crippen LogP contribution >= 0.6 is 0 Å². The highest BCUT2D eigenvalue weighted by molar-refractivity contribution is 7.90. The number of hydrogen-bond donors (Lipinski definition) is 2. The van der Waals surface area contributed by atoms with Crippen LogP contribution < -0.4 is 10.6 Å². The van der Waals surface area contributed by atoms with Gasteiger partial charge in [0.15, 0.2) is 11.5 Å². The number of carbonyl (C=O) groups excluding carboxylic acids is 2. The molecule has 0 aromatic carbocycles. The largest absolute Gasteiger partial charge is 0.441 e. The molecule has 1 atom stereocenters. The SMILES string of the molecule is C[C@@H](OC(=O)Nc1c(-c2ccc(C(=O)NC3(CCS(C)(=O)=O)CCC3)cn2)nnn1C)c1cc(F)cnc1F. The fourth-order valence-corrected chi connectivity index (χ4v) is 4.91. The number of ether oxygens (including phenoxy) is 1. The summed E-state index contributed by atoms with van der Waals surface area (Å²) in [7, 11) is -1.64. The lowest BCUT2D eigenvalue weighted by Gasteiger charge is -2.42. The monoisotopic (exact) mass is 563 g/mol. The number of pyridine rings is 2. The normalized spacial score (nSPS) is 15.2. The predicted octanol–water partition coefficient (Wildman–Crippen LogP) is 2.95. The van der Waals surface area contributed by atoms with E-state index in [0.717, 1.165) is 12.5 Å². The molecular formula is C24H27F2N7O5S. The van der Waals surface area contributed by atoms with Gasteiger partial charge in [-0.2, -0.15) is 4.39 Å². The van der Waals surface area contributed by atoms with E-state index < -0.39 is 39.3 Å². The van der Waals surface area contributed by atoms with Gasteiger partial charge >= 0.3 is 6.09 Å². The van der Waals surface area contributed by atoms with Gasteiger partial charge in [-0.1, -0.05) is 5.21 Å². The van der Waals surface area contributed by atoms with Crippen molar-refractivity contribution < 1.29 is 31.5 Å². The summed E-state index contributed by atoms with van der Waals surface area (Å²) in [5, 5.41) is 13.3. The second-order valence-electron chi connectivity index (χ2n) is 9.52. The van der Waals surface area contributed by atoms with Crippen LogP contribution in [0.4, 0.5) is 19.4 Å². The Morgan fingerprint density at radius 3 is 2.56 bits per heavy atom. The average molecular weight is 564 g/mol. The number of amides is 2. The third-order valence-corrected chi connectivity index (χ3v) is 7.46. The summed E-state index contributed by atoms with van der Waals surface area (Å²) in [6.07, 6.45) is 3.74. The van der Waals surface area contributed by atoms with Gasteiger partial charge in [0.2, 0.25) is 5.95 Å². The minimum absolute atomic E-state index is 0.0117. The number of nitrogens with one attached hydrogen (secondary N) is 2. The number of rotatable bonds is 9. The van der Waals surface area contributed by atoms with Gasteiger partial charge in [0.05, 0.1) is 28.8 Å². The van der Waals surface area contributed by atoms with E-state index in [0.29, 0.717) is 31.2 Å². The second kappa shape index (κ2) is 11.0. The molecule has 1 saturated carbocycles. The maximum absolute atomic E-state index is 13.9. The molecule has 0 saturated heterocycles. The number of aromatic nitrogens is 5. The molecule has 4 rings (SSSR count). The molecule has 0 radical (unpaired) electrons. The van der Waals surface area contributed by atoms with E-state index in [2.05, 4.69) is 30.9 Å². The predicted molar refractivity (Wildman–Crippen MR) is 135 cm³/mol. The third kappa shape index (κ3) is 6.71. The second-order valence-corrected chi connectivity index (χ2v) is 11.8. The Balaban J connectivity index is 1.43. The molecule has 3 aromatic heterocycles. The number of halogens is 2. The van der Waals surface area contributed by atoms with Crippen molar-refractivity contribution in [1.82, 2.24) is 30.3 Å². The lowest BCUT2D eigenvalue weighted by Crippen LogP contribution is -2.54. The maximum atomic E-state index is 13.9. The highest BCUT2D eigenvalue weighted by Gasteiger charge is 2.39. The quantitative estimate of drug-likeness (QED) is 0.373. The molecule has 0 spiro atoms. The Bertz CT molecular complexity index is 1490. The van der Waals surface area contributed by atoms with Crippen molar-refractivity contribution in [3.63, 3.8) is 0 Å². The zero-order valence-corrected chi connectivity index (χ0v) is 22.3. The van der Waals surface area contributed by atoms with Crippen LogP contribution in [0.15, 0.2) is 30.6 Å². The molecule has 2 amide bonds. The summed E-state index contributed by atoms with van der Waals surface area (Å²) in [6.45, 7) is 1.36. The van der Waals surface area contributed by atoms with Crippen molar-refractivity contribution in [3.05, 3.63) is 53.5 Å². The molecule has 2 N–H and O–H groups in total. The van der Waals surface area contributed by atoms with Gasteiger partial charge in [0.25, 0.3) is 5.91 Å². The first kappa shape index (κ1) is 28.0. The first-order valence-electron chi connectivity index (χ1n) is 12.0. The smallest absolute Gasteiger partial charge is 0.413 e. The van der Waals surface area contributed by atoms with Crippen molar-refractivity contribution in [2.75, 3.05) is 17.3 Å². The van der Waals surface area contributed by atoms with Crippen LogP contribution in [0.3, 0.4) is 0 Å². The van der Waals surface area contributed by atoms with Gasteiger partial charge < -0.3 is 10.1 Å². The zero-order chi connectivity index (χ0) is 28.4. The third-order valence-electron chi connectivity index (χ3n) is 6.51. The Morgan fingerprint density at radius 1 is 1.21 bits per heavy atom. The van der Waals surface area contributed by atoms with Crippen LogP contribution in [-0.2, 0) is 21.6 Å². The first-order valence-corrected chi connectivity index (χ1v) is 14.1. The van der Waals surface area contributed by atoms with Crippen molar-refractivity contribution in [2.24, 2.45) is 7.05 Å². The minimum Gasteiger partial charge on any atom is -0.441 e. The number of nitrogens with zero attached hydrogens (tertiary/aromatic N) is 5. The zero-order valence-electron chi connectivity index (χ0n) is 21.4. The van der Waals surface area contributed by atoms with Gasteiger partial charge in [-0.15, -0.1) is 5.10 Å². The summed E-state index contributed by atoms with van der Waals surface area (Å²) in [4.78, 5) is 32.9. The van der Waals surface area contributed by atoms with E-state index in [9.17, 15) is 26.8 Å². The Morgan fingerprint density at radius 2 is 1.95 bits per heavy atom. The number of sulfone groups is 1.